The fourth-order valence-corrected chi connectivity index (χ4v) is 5.48. The third-order valence-corrected chi connectivity index (χ3v) is 7.50. The van der Waals surface area contributed by atoms with Gasteiger partial charge < -0.3 is 0 Å². The predicted octanol–water partition coefficient (Wildman–Crippen LogP) is 5.22. The van der Waals surface area contributed by atoms with Crippen LogP contribution in [-0.2, 0) is 0 Å². The van der Waals surface area contributed by atoms with Gasteiger partial charge in [0.25, 0.3) is 0 Å². The fourth-order valence-electron chi connectivity index (χ4n) is 4.19. The van der Waals surface area contributed by atoms with Crippen molar-refractivity contribution in [3.05, 3.63) is 12.2 Å². The second-order valence-electron chi connectivity index (χ2n) is 6.55. The van der Waals surface area contributed by atoms with E-state index in [9.17, 15) is 0 Å². The molecular weight excluding hydrogens is 307 g/mol. The molecule has 16 heavy (non-hydrogen) atoms. The molecule has 0 bridgehead atoms. The van der Waals surface area contributed by atoms with Crippen LogP contribution in [0.25, 0.3) is 0 Å². The zero-order valence-electron chi connectivity index (χ0n) is 11.0. The molecule has 0 saturated heterocycles. The van der Waals surface area contributed by atoms with E-state index in [1.54, 1.807) is 5.57 Å². The molecule has 0 nitrogen and oxygen atoms in total. The summed E-state index contributed by atoms with van der Waals surface area (Å²) < 4.78 is 1.31. The Hall–Kier alpha value is 0.470. The number of rotatable bonds is 1. The highest BCUT2D eigenvalue weighted by atomic mass is 127. The summed E-state index contributed by atoms with van der Waals surface area (Å²) in [6, 6.07) is 0. The highest BCUT2D eigenvalue weighted by Gasteiger charge is 2.53. The van der Waals surface area contributed by atoms with Gasteiger partial charge in [-0.2, -0.15) is 0 Å². The van der Waals surface area contributed by atoms with Gasteiger partial charge in [-0.15, -0.1) is 0 Å². The first-order chi connectivity index (χ1) is 7.45. The van der Waals surface area contributed by atoms with Crippen LogP contribution in [0.2, 0.25) is 0 Å². The first kappa shape index (κ1) is 12.9. The molecule has 2 aliphatic carbocycles. The van der Waals surface area contributed by atoms with Crippen LogP contribution < -0.4 is 0 Å². The monoisotopic (exact) mass is 332 g/mol. The summed E-state index contributed by atoms with van der Waals surface area (Å²) in [5, 5.41) is 0. The third-order valence-electron chi connectivity index (χ3n) is 5.85. The van der Waals surface area contributed by atoms with Crippen molar-refractivity contribution >= 4 is 22.6 Å². The molecule has 4 atom stereocenters. The van der Waals surface area contributed by atoms with E-state index in [1.165, 1.54) is 36.5 Å². The number of alkyl halides is 1. The van der Waals surface area contributed by atoms with Crippen molar-refractivity contribution in [2.75, 3.05) is 4.43 Å². The third kappa shape index (κ3) is 1.69. The summed E-state index contributed by atoms with van der Waals surface area (Å²) in [5.41, 5.74) is 2.54. The molecule has 0 unspecified atom stereocenters. The largest absolute Gasteiger partial charge is 0.0993 e. The van der Waals surface area contributed by atoms with Crippen LogP contribution in [0.1, 0.15) is 52.9 Å². The van der Waals surface area contributed by atoms with Gasteiger partial charge in [0.15, 0.2) is 0 Å². The van der Waals surface area contributed by atoms with E-state index in [4.69, 9.17) is 0 Å². The molecule has 0 aromatic carbocycles. The van der Waals surface area contributed by atoms with E-state index in [0.717, 1.165) is 11.8 Å². The van der Waals surface area contributed by atoms with E-state index in [1.807, 2.05) is 0 Å². The van der Waals surface area contributed by atoms with Crippen LogP contribution in [-0.4, -0.2) is 4.43 Å². The standard InChI is InChI=1S/C15H25I/c1-11-6-5-7-13-14(11,3)9-8-12(2)15(13,4)10-16/h12-13H,1,5-10H2,2-4H3/t12-,13+,14-,15+/m1/s1. The highest BCUT2D eigenvalue weighted by Crippen LogP contribution is 2.61. The van der Waals surface area contributed by atoms with E-state index < -0.39 is 0 Å². The Balaban J connectivity index is 2.37. The molecule has 0 N–H and O–H groups in total. The number of hydrogen-bond donors (Lipinski definition) is 0. The van der Waals surface area contributed by atoms with Crippen LogP contribution in [0.5, 0.6) is 0 Å². The summed E-state index contributed by atoms with van der Waals surface area (Å²) in [5.74, 6) is 1.76. The van der Waals surface area contributed by atoms with Gasteiger partial charge in [-0.3, -0.25) is 0 Å². The van der Waals surface area contributed by atoms with Crippen molar-refractivity contribution in [1.29, 1.82) is 0 Å². The molecule has 0 aromatic heterocycles. The normalized spacial score (nSPS) is 48.9. The van der Waals surface area contributed by atoms with E-state index >= 15 is 0 Å². The number of allylic oxidation sites excluding steroid dienone is 1. The molecule has 2 saturated carbocycles. The molecule has 2 aliphatic rings. The smallest absolute Gasteiger partial charge is 0.00548 e. The van der Waals surface area contributed by atoms with Crippen LogP contribution in [0.15, 0.2) is 12.2 Å². The molecular formula is C15H25I. The minimum atomic E-state index is 0.449. The maximum atomic E-state index is 4.39. The molecule has 1 heteroatoms. The predicted molar refractivity (Wildman–Crippen MR) is 80.0 cm³/mol. The van der Waals surface area contributed by atoms with Crippen LogP contribution in [0, 0.1) is 22.7 Å². The lowest BCUT2D eigenvalue weighted by atomic mass is 9.48. The lowest BCUT2D eigenvalue weighted by Gasteiger charge is -2.58. The Morgan fingerprint density at radius 3 is 2.69 bits per heavy atom. The van der Waals surface area contributed by atoms with Crippen molar-refractivity contribution < 1.29 is 0 Å². The quantitative estimate of drug-likeness (QED) is 0.351. The number of halogens is 1. The van der Waals surface area contributed by atoms with E-state index in [2.05, 4.69) is 49.9 Å². The average Bonchev–Trinajstić information content (AvgIpc) is 2.27. The maximum absolute atomic E-state index is 4.39. The van der Waals surface area contributed by atoms with Crippen LogP contribution >= 0.6 is 22.6 Å². The van der Waals surface area contributed by atoms with Crippen LogP contribution in [0.3, 0.4) is 0 Å². The minimum absolute atomic E-state index is 0.449. The summed E-state index contributed by atoms with van der Waals surface area (Å²) in [4.78, 5) is 0. The van der Waals surface area contributed by atoms with Crippen molar-refractivity contribution in [2.45, 2.75) is 52.9 Å². The summed E-state index contributed by atoms with van der Waals surface area (Å²) in [7, 11) is 0. The van der Waals surface area contributed by atoms with E-state index in [-0.39, 0.29) is 0 Å². The van der Waals surface area contributed by atoms with E-state index in [0.29, 0.717) is 10.8 Å². The number of fused-ring (bicyclic) bond motifs is 1. The molecule has 0 heterocycles. The second kappa shape index (κ2) is 4.29. The van der Waals surface area contributed by atoms with Crippen molar-refractivity contribution in [3.63, 3.8) is 0 Å². The minimum Gasteiger partial charge on any atom is -0.0993 e. The molecule has 0 radical (unpaired) electrons. The first-order valence-electron chi connectivity index (χ1n) is 6.69. The topological polar surface area (TPSA) is 0 Å². The Morgan fingerprint density at radius 1 is 1.38 bits per heavy atom. The lowest BCUT2D eigenvalue weighted by molar-refractivity contribution is -0.0308. The zero-order valence-corrected chi connectivity index (χ0v) is 13.1. The Morgan fingerprint density at radius 2 is 2.06 bits per heavy atom. The summed E-state index contributed by atoms with van der Waals surface area (Å²) in [6.45, 7) is 11.9. The number of hydrogen-bond acceptors (Lipinski definition) is 0. The average molecular weight is 332 g/mol. The van der Waals surface area contributed by atoms with Crippen molar-refractivity contribution in [2.24, 2.45) is 22.7 Å². The zero-order chi connectivity index (χ0) is 12.0. The fraction of sp³-hybridized carbons (Fsp3) is 0.867. The van der Waals surface area contributed by atoms with Gasteiger partial charge in [0.1, 0.15) is 0 Å². The molecule has 2 fully saturated rings. The van der Waals surface area contributed by atoms with Gasteiger partial charge in [0.2, 0.25) is 0 Å². The summed E-state index contributed by atoms with van der Waals surface area (Å²) >= 11 is 2.61. The van der Waals surface area contributed by atoms with Gasteiger partial charge in [-0.25, -0.2) is 0 Å². The van der Waals surface area contributed by atoms with Gasteiger partial charge in [-0.1, -0.05) is 55.5 Å². The second-order valence-corrected chi connectivity index (χ2v) is 7.31. The summed E-state index contributed by atoms with van der Waals surface area (Å²) in [6.07, 6.45) is 6.85. The van der Waals surface area contributed by atoms with Gasteiger partial charge in [0.05, 0.1) is 0 Å². The maximum Gasteiger partial charge on any atom is 0.00548 e. The SMILES string of the molecule is C=C1CCC[C@@H]2[C@@](C)(CI)[C@H](C)CC[C@]12C. The molecule has 0 spiro atoms. The van der Waals surface area contributed by atoms with Gasteiger partial charge >= 0.3 is 0 Å². The first-order valence-corrected chi connectivity index (χ1v) is 8.22. The van der Waals surface area contributed by atoms with Gasteiger partial charge in [-0.05, 0) is 54.8 Å². The molecule has 2 rings (SSSR count). The Bertz CT molecular complexity index is 296. The molecule has 92 valence electrons. The Labute approximate surface area is 114 Å². The van der Waals surface area contributed by atoms with Gasteiger partial charge in [0, 0.05) is 4.43 Å². The lowest BCUT2D eigenvalue weighted by Crippen LogP contribution is -2.51. The molecule has 0 amide bonds. The molecule has 0 aromatic rings. The van der Waals surface area contributed by atoms with Crippen molar-refractivity contribution in [3.8, 4) is 0 Å². The molecule has 0 aliphatic heterocycles. The highest BCUT2D eigenvalue weighted by molar-refractivity contribution is 14.1. The van der Waals surface area contributed by atoms with Crippen LogP contribution in [0.4, 0.5) is 0 Å². The Kier molecular flexibility index (Phi) is 3.46. The van der Waals surface area contributed by atoms with Crippen molar-refractivity contribution in [1.82, 2.24) is 0 Å².